The lowest BCUT2D eigenvalue weighted by Gasteiger charge is -2.11. The minimum atomic E-state index is -1.06. The molecule has 0 fully saturated rings. The molecular weight excluding hydrogens is 254 g/mol. The van der Waals surface area contributed by atoms with Crippen LogP contribution in [0.2, 0.25) is 0 Å². The Hall–Kier alpha value is -2.59. The summed E-state index contributed by atoms with van der Waals surface area (Å²) in [6.45, 7) is 0. The van der Waals surface area contributed by atoms with Crippen LogP contribution in [0.25, 0.3) is 5.57 Å². The van der Waals surface area contributed by atoms with Crippen molar-refractivity contribution in [3.8, 4) is 0 Å². The predicted molar refractivity (Wildman–Crippen MR) is 76.3 cm³/mol. The fourth-order valence-corrected chi connectivity index (χ4v) is 2.56. The third-order valence-electron chi connectivity index (χ3n) is 3.52. The average molecular weight is 267 g/mol. The monoisotopic (exact) mass is 267 g/mol. The van der Waals surface area contributed by atoms with E-state index in [1.165, 1.54) is 6.07 Å². The lowest BCUT2D eigenvalue weighted by atomic mass is 9.96. The van der Waals surface area contributed by atoms with Crippen molar-refractivity contribution in [1.82, 2.24) is 0 Å². The number of benzene rings is 2. The smallest absolute Gasteiger partial charge is 0.337 e. The van der Waals surface area contributed by atoms with Crippen molar-refractivity contribution in [2.45, 2.75) is 6.10 Å². The normalized spacial score (nSPS) is 16.6. The molecule has 0 amide bonds. The zero-order valence-electron chi connectivity index (χ0n) is 10.6. The summed E-state index contributed by atoms with van der Waals surface area (Å²) in [7, 11) is 0. The molecule has 2 aromatic carbocycles. The molecule has 4 heteroatoms. The Morgan fingerprint density at radius 2 is 1.75 bits per heavy atom. The van der Waals surface area contributed by atoms with Gasteiger partial charge in [-0.2, -0.15) is 0 Å². The molecule has 0 spiro atoms. The van der Waals surface area contributed by atoms with Gasteiger partial charge in [0, 0.05) is 5.56 Å². The molecule has 1 aliphatic rings. The molecule has 0 aliphatic heterocycles. The number of fused-ring (bicyclic) bond motifs is 1. The topological polar surface area (TPSA) is 83.6 Å². The van der Waals surface area contributed by atoms with Crippen molar-refractivity contribution in [3.63, 3.8) is 0 Å². The third-order valence-corrected chi connectivity index (χ3v) is 3.52. The SMILES string of the molecule is Nc1c(C(=O)O)cccc1C1=CC(O)c2ccccc21. The van der Waals surface area contributed by atoms with Gasteiger partial charge in [0.05, 0.1) is 17.4 Å². The van der Waals surface area contributed by atoms with Crippen LogP contribution in [0.3, 0.4) is 0 Å². The maximum absolute atomic E-state index is 11.1. The molecule has 0 saturated carbocycles. The Labute approximate surface area is 115 Å². The van der Waals surface area contributed by atoms with Gasteiger partial charge in [-0.25, -0.2) is 4.79 Å². The number of anilines is 1. The fourth-order valence-electron chi connectivity index (χ4n) is 2.56. The van der Waals surface area contributed by atoms with E-state index in [-0.39, 0.29) is 11.3 Å². The number of carboxylic acid groups (broad SMARTS) is 1. The molecule has 1 unspecified atom stereocenters. The minimum absolute atomic E-state index is 0.0715. The van der Waals surface area contributed by atoms with Gasteiger partial charge in [-0.15, -0.1) is 0 Å². The van der Waals surface area contributed by atoms with Crippen LogP contribution in [0, 0.1) is 0 Å². The molecule has 4 N–H and O–H groups in total. The summed E-state index contributed by atoms with van der Waals surface area (Å²) in [6.07, 6.45) is 1.01. The third kappa shape index (κ3) is 1.78. The Bertz CT molecular complexity index is 734. The van der Waals surface area contributed by atoms with Crippen LogP contribution in [0.15, 0.2) is 48.5 Å². The van der Waals surface area contributed by atoms with E-state index >= 15 is 0 Å². The van der Waals surface area contributed by atoms with Crippen LogP contribution in [0.1, 0.15) is 33.2 Å². The summed E-state index contributed by atoms with van der Waals surface area (Å²) in [5.41, 5.74) is 9.35. The van der Waals surface area contributed by atoms with Gasteiger partial charge in [0.1, 0.15) is 0 Å². The van der Waals surface area contributed by atoms with E-state index in [1.54, 1.807) is 18.2 Å². The molecule has 2 aromatic rings. The Morgan fingerprint density at radius 1 is 1.05 bits per heavy atom. The molecule has 4 nitrogen and oxygen atoms in total. The average Bonchev–Trinajstić information content (AvgIpc) is 2.77. The van der Waals surface area contributed by atoms with Crippen molar-refractivity contribution < 1.29 is 15.0 Å². The number of para-hydroxylation sites is 1. The summed E-state index contributed by atoms with van der Waals surface area (Å²) in [4.78, 5) is 11.1. The highest BCUT2D eigenvalue weighted by Gasteiger charge is 2.24. The van der Waals surface area contributed by atoms with Crippen LogP contribution >= 0.6 is 0 Å². The van der Waals surface area contributed by atoms with Gasteiger partial charge in [0.15, 0.2) is 0 Å². The highest BCUT2D eigenvalue weighted by Crippen LogP contribution is 2.40. The number of rotatable bonds is 2. The summed E-state index contributed by atoms with van der Waals surface area (Å²) >= 11 is 0. The largest absolute Gasteiger partial charge is 0.478 e. The number of nitrogen functional groups attached to an aromatic ring is 1. The first-order chi connectivity index (χ1) is 9.59. The fraction of sp³-hybridized carbons (Fsp3) is 0.0625. The molecule has 20 heavy (non-hydrogen) atoms. The summed E-state index contributed by atoms with van der Waals surface area (Å²) in [6, 6.07) is 12.4. The van der Waals surface area contributed by atoms with E-state index in [4.69, 9.17) is 10.8 Å². The van der Waals surface area contributed by atoms with Crippen molar-refractivity contribution in [1.29, 1.82) is 0 Å². The Morgan fingerprint density at radius 3 is 2.50 bits per heavy atom. The maximum atomic E-state index is 11.1. The molecule has 0 bridgehead atoms. The van der Waals surface area contributed by atoms with Crippen LogP contribution in [0.4, 0.5) is 5.69 Å². The molecule has 0 radical (unpaired) electrons. The number of hydrogen-bond acceptors (Lipinski definition) is 3. The van der Waals surface area contributed by atoms with Gasteiger partial charge in [0.25, 0.3) is 0 Å². The molecular formula is C16H13NO3. The Balaban J connectivity index is 2.19. The summed E-state index contributed by atoms with van der Waals surface area (Å²) < 4.78 is 0. The van der Waals surface area contributed by atoms with E-state index < -0.39 is 12.1 Å². The van der Waals surface area contributed by atoms with Gasteiger partial charge in [-0.3, -0.25) is 0 Å². The van der Waals surface area contributed by atoms with Gasteiger partial charge >= 0.3 is 5.97 Å². The van der Waals surface area contributed by atoms with Crippen LogP contribution in [-0.2, 0) is 0 Å². The summed E-state index contributed by atoms with van der Waals surface area (Å²) in [5, 5.41) is 19.2. The first kappa shape index (κ1) is 12.4. The van der Waals surface area contributed by atoms with Crippen LogP contribution < -0.4 is 5.73 Å². The highest BCUT2D eigenvalue weighted by molar-refractivity contribution is 5.99. The number of hydrogen-bond donors (Lipinski definition) is 3. The second kappa shape index (κ2) is 4.51. The molecule has 1 aliphatic carbocycles. The van der Waals surface area contributed by atoms with E-state index in [0.717, 1.165) is 16.7 Å². The lowest BCUT2D eigenvalue weighted by molar-refractivity contribution is 0.0698. The Kier molecular flexibility index (Phi) is 2.80. The van der Waals surface area contributed by atoms with Crippen LogP contribution in [0.5, 0.6) is 0 Å². The molecule has 3 rings (SSSR count). The minimum Gasteiger partial charge on any atom is -0.478 e. The molecule has 0 aromatic heterocycles. The molecule has 0 saturated heterocycles. The van der Waals surface area contributed by atoms with Gasteiger partial charge in [-0.1, -0.05) is 36.4 Å². The molecule has 100 valence electrons. The van der Waals surface area contributed by atoms with Crippen molar-refractivity contribution in [2.24, 2.45) is 0 Å². The standard InChI is InChI=1S/C16H13NO3/c17-15-11(6-3-7-12(15)16(19)20)13-8-14(18)10-5-2-1-4-9(10)13/h1-8,14,18H,17H2,(H,19,20). The zero-order valence-corrected chi connectivity index (χ0v) is 10.6. The number of carbonyl (C=O) groups is 1. The van der Waals surface area contributed by atoms with Gasteiger partial charge in [-0.05, 0) is 28.8 Å². The summed E-state index contributed by atoms with van der Waals surface area (Å²) in [5.74, 6) is -1.06. The van der Waals surface area contributed by atoms with Crippen LogP contribution in [-0.4, -0.2) is 16.2 Å². The lowest BCUT2D eigenvalue weighted by Crippen LogP contribution is -2.05. The number of nitrogens with two attached hydrogens (primary N) is 1. The second-order valence-electron chi connectivity index (χ2n) is 4.68. The molecule has 1 atom stereocenters. The maximum Gasteiger partial charge on any atom is 0.337 e. The predicted octanol–water partition coefficient (Wildman–Crippen LogP) is 2.45. The van der Waals surface area contributed by atoms with E-state index in [1.807, 2.05) is 24.3 Å². The van der Waals surface area contributed by atoms with Gasteiger partial charge in [0.2, 0.25) is 0 Å². The van der Waals surface area contributed by atoms with Crippen molar-refractivity contribution in [2.75, 3.05) is 5.73 Å². The number of aromatic carboxylic acids is 1. The van der Waals surface area contributed by atoms with E-state index in [0.29, 0.717) is 5.56 Å². The molecule has 0 heterocycles. The van der Waals surface area contributed by atoms with E-state index in [9.17, 15) is 9.90 Å². The van der Waals surface area contributed by atoms with E-state index in [2.05, 4.69) is 0 Å². The zero-order chi connectivity index (χ0) is 14.3. The number of aliphatic hydroxyl groups is 1. The quantitative estimate of drug-likeness (QED) is 0.730. The van der Waals surface area contributed by atoms with Crippen molar-refractivity contribution >= 4 is 17.2 Å². The van der Waals surface area contributed by atoms with Crippen molar-refractivity contribution in [3.05, 3.63) is 70.8 Å². The first-order valence-corrected chi connectivity index (χ1v) is 6.21. The number of aliphatic hydroxyl groups excluding tert-OH is 1. The first-order valence-electron chi connectivity index (χ1n) is 6.21. The second-order valence-corrected chi connectivity index (χ2v) is 4.68. The highest BCUT2D eigenvalue weighted by atomic mass is 16.4. The number of carboxylic acids is 1. The van der Waals surface area contributed by atoms with Gasteiger partial charge < -0.3 is 15.9 Å².